The van der Waals surface area contributed by atoms with E-state index in [4.69, 9.17) is 4.74 Å². The van der Waals surface area contributed by atoms with Crippen LogP contribution in [0.3, 0.4) is 0 Å². The minimum atomic E-state index is -1.13. The van der Waals surface area contributed by atoms with Crippen LogP contribution in [0.1, 0.15) is 67.2 Å². The van der Waals surface area contributed by atoms with Crippen LogP contribution in [0.15, 0.2) is 0 Å². The van der Waals surface area contributed by atoms with Crippen LogP contribution in [-0.2, 0) is 16.1 Å². The number of hydrogen-bond acceptors (Lipinski definition) is 4. The molecule has 23 heavy (non-hydrogen) atoms. The van der Waals surface area contributed by atoms with E-state index in [9.17, 15) is 9.35 Å². The van der Waals surface area contributed by atoms with Gasteiger partial charge in [0.25, 0.3) is 0 Å². The van der Waals surface area contributed by atoms with Crippen molar-refractivity contribution in [3.05, 3.63) is 0 Å². The monoisotopic (exact) mass is 344 g/mol. The van der Waals surface area contributed by atoms with E-state index in [1.807, 2.05) is 41.5 Å². The van der Waals surface area contributed by atoms with Gasteiger partial charge in [-0.3, -0.25) is 0 Å². The molecule has 1 saturated heterocycles. The van der Waals surface area contributed by atoms with Crippen LogP contribution >= 0.6 is 0 Å². The summed E-state index contributed by atoms with van der Waals surface area (Å²) in [6, 6.07) is 0.0811. The van der Waals surface area contributed by atoms with Gasteiger partial charge in [-0.25, -0.2) is 4.79 Å². The number of carbonyl (C=O) groups excluding carboxylic acids is 1. The van der Waals surface area contributed by atoms with E-state index in [0.29, 0.717) is 6.54 Å². The second-order valence-corrected chi connectivity index (χ2v) is 10.9. The Balaban J connectivity index is 2.05. The summed E-state index contributed by atoms with van der Waals surface area (Å²) in [4.78, 5) is 14.1. The lowest BCUT2D eigenvalue weighted by Crippen LogP contribution is -2.63. The Bertz CT molecular complexity index is 438. The fourth-order valence-electron chi connectivity index (χ4n) is 3.23. The molecule has 1 N–H and O–H groups in total. The van der Waals surface area contributed by atoms with Crippen molar-refractivity contribution in [3.63, 3.8) is 0 Å². The standard InChI is InChI=1S/C17H32N2O3S/c1-15(2,3)22-14(20)19-11-10-17(8-7-9-17)13(12-19)18-23(21)16(4,5)6/h13,18H,7-12H2,1-6H3/t13-,23-/m1/s1. The Labute approximate surface area is 143 Å². The van der Waals surface area contributed by atoms with Crippen LogP contribution in [0.25, 0.3) is 0 Å². The van der Waals surface area contributed by atoms with E-state index in [1.165, 1.54) is 6.42 Å². The first kappa shape index (κ1) is 18.9. The summed E-state index contributed by atoms with van der Waals surface area (Å²) in [5, 5.41) is 0. The molecule has 0 bridgehead atoms. The largest absolute Gasteiger partial charge is 0.598 e. The summed E-state index contributed by atoms with van der Waals surface area (Å²) in [5.41, 5.74) is -0.279. The zero-order chi connectivity index (χ0) is 17.5. The van der Waals surface area contributed by atoms with Gasteiger partial charge in [-0.1, -0.05) is 6.42 Å². The Morgan fingerprint density at radius 3 is 2.26 bits per heavy atom. The second kappa shape index (κ2) is 6.45. The minimum absolute atomic E-state index is 0.0811. The number of hydrogen-bond donors (Lipinski definition) is 1. The van der Waals surface area contributed by atoms with Gasteiger partial charge < -0.3 is 14.2 Å². The smallest absolute Gasteiger partial charge is 0.410 e. The highest BCUT2D eigenvalue weighted by atomic mass is 32.2. The maximum atomic E-state index is 12.5. The Hall–Kier alpha value is -0.460. The third-order valence-corrected chi connectivity index (χ3v) is 6.44. The predicted molar refractivity (Wildman–Crippen MR) is 93.5 cm³/mol. The Kier molecular flexibility index (Phi) is 5.29. The summed E-state index contributed by atoms with van der Waals surface area (Å²) in [5.74, 6) is 0. The van der Waals surface area contributed by atoms with Crippen molar-refractivity contribution in [1.82, 2.24) is 9.62 Å². The molecule has 1 aliphatic carbocycles. The average Bonchev–Trinajstić information content (AvgIpc) is 2.33. The average molecular weight is 345 g/mol. The van der Waals surface area contributed by atoms with Gasteiger partial charge in [0.2, 0.25) is 0 Å². The second-order valence-electron chi connectivity index (χ2n) is 8.94. The third kappa shape index (κ3) is 4.54. The summed E-state index contributed by atoms with van der Waals surface area (Å²) < 4.78 is 21.0. The van der Waals surface area contributed by atoms with Crippen molar-refractivity contribution < 1.29 is 14.1 Å². The molecule has 1 spiro atoms. The van der Waals surface area contributed by atoms with Crippen molar-refractivity contribution in [2.45, 2.75) is 83.6 Å². The molecule has 0 unspecified atom stereocenters. The predicted octanol–water partition coefficient (Wildman–Crippen LogP) is 3.22. The van der Waals surface area contributed by atoms with Crippen molar-refractivity contribution >= 4 is 17.5 Å². The van der Waals surface area contributed by atoms with Crippen LogP contribution in [0, 0.1) is 5.41 Å². The SMILES string of the molecule is CC(C)(C)OC(=O)N1CCC2(CCC2)[C@H](N[S@+]([O-])C(C)(C)C)C1. The fourth-order valence-corrected chi connectivity index (χ4v) is 4.16. The molecule has 1 amide bonds. The Morgan fingerprint density at radius 2 is 1.83 bits per heavy atom. The molecule has 134 valence electrons. The number of amides is 1. The lowest BCUT2D eigenvalue weighted by Gasteiger charge is -2.53. The molecule has 5 nitrogen and oxygen atoms in total. The van der Waals surface area contributed by atoms with E-state index < -0.39 is 17.0 Å². The molecule has 1 saturated carbocycles. The normalized spacial score (nSPS) is 25.9. The first-order valence-corrected chi connectivity index (χ1v) is 9.74. The highest BCUT2D eigenvalue weighted by Gasteiger charge is 2.50. The van der Waals surface area contributed by atoms with Crippen LogP contribution in [-0.4, -0.2) is 45.0 Å². The molecule has 2 aliphatic rings. The van der Waals surface area contributed by atoms with Gasteiger partial charge in [-0.2, -0.15) is 0 Å². The molecule has 1 aliphatic heterocycles. The molecule has 0 aromatic carbocycles. The molecule has 0 radical (unpaired) electrons. The summed E-state index contributed by atoms with van der Waals surface area (Å²) in [6.07, 6.45) is 4.25. The van der Waals surface area contributed by atoms with Gasteiger partial charge in [0.1, 0.15) is 10.3 Å². The zero-order valence-electron chi connectivity index (χ0n) is 15.4. The van der Waals surface area contributed by atoms with E-state index in [0.717, 1.165) is 25.8 Å². The number of ether oxygens (including phenoxy) is 1. The van der Waals surface area contributed by atoms with Crippen molar-refractivity contribution in [3.8, 4) is 0 Å². The third-order valence-electron chi connectivity index (χ3n) is 4.83. The number of likely N-dealkylation sites (tertiary alicyclic amines) is 1. The van der Waals surface area contributed by atoms with E-state index >= 15 is 0 Å². The first-order valence-electron chi connectivity index (χ1n) is 8.59. The number of nitrogens with zero attached hydrogens (tertiary/aromatic N) is 1. The van der Waals surface area contributed by atoms with Crippen LogP contribution in [0.2, 0.25) is 0 Å². The van der Waals surface area contributed by atoms with Gasteiger partial charge in [-0.15, -0.1) is 4.72 Å². The van der Waals surface area contributed by atoms with E-state index in [1.54, 1.807) is 4.90 Å². The molecule has 2 fully saturated rings. The first-order chi connectivity index (χ1) is 10.4. The maximum absolute atomic E-state index is 12.5. The zero-order valence-corrected chi connectivity index (χ0v) is 16.2. The van der Waals surface area contributed by atoms with Gasteiger partial charge in [-0.05, 0) is 66.2 Å². The van der Waals surface area contributed by atoms with Crippen LogP contribution in [0.5, 0.6) is 0 Å². The van der Waals surface area contributed by atoms with Gasteiger partial charge in [0.15, 0.2) is 0 Å². The lowest BCUT2D eigenvalue weighted by atomic mass is 9.61. The number of nitrogens with one attached hydrogen (secondary N) is 1. The summed E-state index contributed by atoms with van der Waals surface area (Å²) >= 11 is -1.13. The molecule has 0 aromatic rings. The van der Waals surface area contributed by atoms with Crippen LogP contribution in [0.4, 0.5) is 4.79 Å². The topological polar surface area (TPSA) is 64.6 Å². The summed E-state index contributed by atoms with van der Waals surface area (Å²) in [6.45, 7) is 12.9. The molecule has 2 atom stereocenters. The number of carbonyl (C=O) groups is 1. The maximum Gasteiger partial charge on any atom is 0.410 e. The molecule has 1 heterocycles. The minimum Gasteiger partial charge on any atom is -0.598 e. The van der Waals surface area contributed by atoms with E-state index in [2.05, 4.69) is 4.72 Å². The molecular weight excluding hydrogens is 312 g/mol. The highest BCUT2D eigenvalue weighted by Crippen LogP contribution is 2.49. The molecule has 2 rings (SSSR count). The Morgan fingerprint density at radius 1 is 1.22 bits per heavy atom. The number of piperidine rings is 1. The van der Waals surface area contributed by atoms with Gasteiger partial charge in [0.05, 0.1) is 6.04 Å². The lowest BCUT2D eigenvalue weighted by molar-refractivity contribution is -0.0196. The molecule has 0 aromatic heterocycles. The molecular formula is C17H32N2O3S. The van der Waals surface area contributed by atoms with E-state index in [-0.39, 0.29) is 22.3 Å². The fraction of sp³-hybridized carbons (Fsp3) is 0.941. The van der Waals surface area contributed by atoms with Crippen LogP contribution < -0.4 is 4.72 Å². The molecule has 6 heteroatoms. The summed E-state index contributed by atoms with van der Waals surface area (Å²) in [7, 11) is 0. The van der Waals surface area contributed by atoms with Crippen molar-refractivity contribution in [2.24, 2.45) is 5.41 Å². The van der Waals surface area contributed by atoms with Gasteiger partial charge in [0, 0.05) is 24.5 Å². The van der Waals surface area contributed by atoms with Crippen molar-refractivity contribution in [2.75, 3.05) is 13.1 Å². The quantitative estimate of drug-likeness (QED) is 0.781. The van der Waals surface area contributed by atoms with Crippen molar-refractivity contribution in [1.29, 1.82) is 0 Å². The van der Waals surface area contributed by atoms with Gasteiger partial charge >= 0.3 is 6.09 Å². The number of rotatable bonds is 2. The highest BCUT2D eigenvalue weighted by molar-refractivity contribution is 7.90.